The van der Waals surface area contributed by atoms with Crippen LogP contribution in [0, 0.1) is 18.2 Å². The molecule has 1 N–H and O–H groups in total. The summed E-state index contributed by atoms with van der Waals surface area (Å²) < 4.78 is 12.5. The smallest absolute Gasteiger partial charge is 0.252 e. The van der Waals surface area contributed by atoms with Crippen LogP contribution in [0.2, 0.25) is 0 Å². The van der Waals surface area contributed by atoms with E-state index in [4.69, 9.17) is 6.42 Å². The lowest BCUT2D eigenvalue weighted by atomic mass is 10.2. The summed E-state index contributed by atoms with van der Waals surface area (Å²) in [5, 5.41) is 2.57. The van der Waals surface area contributed by atoms with Gasteiger partial charge >= 0.3 is 0 Å². The van der Waals surface area contributed by atoms with Crippen molar-refractivity contribution in [3.63, 3.8) is 0 Å². The highest BCUT2D eigenvalue weighted by molar-refractivity contribution is 5.94. The van der Waals surface area contributed by atoms with Crippen LogP contribution in [-0.4, -0.2) is 11.9 Å². The van der Waals surface area contributed by atoms with Crippen molar-refractivity contribution in [3.8, 4) is 12.3 Å². The zero-order chi connectivity index (χ0) is 10.6. The molecule has 0 aliphatic heterocycles. The van der Waals surface area contributed by atoms with Crippen molar-refractivity contribution in [3.05, 3.63) is 35.6 Å². The van der Waals surface area contributed by atoms with Crippen molar-refractivity contribution in [1.82, 2.24) is 5.32 Å². The summed E-state index contributed by atoms with van der Waals surface area (Å²) in [6.45, 7) is 1.70. The van der Waals surface area contributed by atoms with Crippen molar-refractivity contribution in [2.75, 3.05) is 0 Å². The molecular weight excluding hydrogens is 181 g/mol. The fourth-order valence-corrected chi connectivity index (χ4v) is 0.923. The van der Waals surface area contributed by atoms with E-state index >= 15 is 0 Å². The Balaban J connectivity index is 2.71. The average Bonchev–Trinajstić information content (AvgIpc) is 2.18. The Labute approximate surface area is 82.1 Å². The van der Waals surface area contributed by atoms with Gasteiger partial charge in [-0.2, -0.15) is 0 Å². The second-order valence-electron chi connectivity index (χ2n) is 2.87. The van der Waals surface area contributed by atoms with Gasteiger partial charge in [-0.05, 0) is 31.2 Å². The van der Waals surface area contributed by atoms with Crippen LogP contribution in [0.3, 0.4) is 0 Å². The van der Waals surface area contributed by atoms with Crippen molar-refractivity contribution in [2.45, 2.75) is 13.0 Å². The van der Waals surface area contributed by atoms with Crippen LogP contribution in [0.25, 0.3) is 0 Å². The van der Waals surface area contributed by atoms with Crippen molar-refractivity contribution < 1.29 is 9.18 Å². The number of carbonyl (C=O) groups excluding carboxylic acids is 1. The Morgan fingerprint density at radius 2 is 2.07 bits per heavy atom. The van der Waals surface area contributed by atoms with Crippen LogP contribution in [-0.2, 0) is 0 Å². The first-order valence-corrected chi connectivity index (χ1v) is 4.16. The molecule has 0 saturated carbocycles. The third-order valence-corrected chi connectivity index (χ3v) is 1.70. The summed E-state index contributed by atoms with van der Waals surface area (Å²) in [4.78, 5) is 11.4. The molecule has 0 fully saturated rings. The molecule has 0 bridgehead atoms. The number of rotatable bonds is 2. The monoisotopic (exact) mass is 191 g/mol. The quantitative estimate of drug-likeness (QED) is 0.706. The van der Waals surface area contributed by atoms with Gasteiger partial charge < -0.3 is 5.32 Å². The number of hydrogen-bond acceptors (Lipinski definition) is 1. The maximum Gasteiger partial charge on any atom is 0.252 e. The molecular formula is C11H10FNO. The minimum atomic E-state index is -0.369. The Morgan fingerprint density at radius 1 is 1.50 bits per heavy atom. The summed E-state index contributed by atoms with van der Waals surface area (Å²) in [5.74, 6) is 1.71. The van der Waals surface area contributed by atoms with E-state index in [1.165, 1.54) is 24.3 Å². The lowest BCUT2D eigenvalue weighted by molar-refractivity contribution is 0.0948. The highest BCUT2D eigenvalue weighted by Gasteiger charge is 2.06. The molecule has 72 valence electrons. The lowest BCUT2D eigenvalue weighted by Gasteiger charge is -2.06. The Bertz CT molecular complexity index is 364. The molecule has 0 aliphatic carbocycles. The van der Waals surface area contributed by atoms with Gasteiger partial charge in [-0.3, -0.25) is 4.79 Å². The maximum atomic E-state index is 12.5. The maximum absolute atomic E-state index is 12.5. The molecule has 1 amide bonds. The summed E-state index contributed by atoms with van der Waals surface area (Å²) in [6.07, 6.45) is 5.10. The van der Waals surface area contributed by atoms with Crippen LogP contribution >= 0.6 is 0 Å². The molecule has 2 nitrogen and oxygen atoms in total. The molecule has 0 saturated heterocycles. The molecule has 0 aromatic heterocycles. The van der Waals surface area contributed by atoms with E-state index in [2.05, 4.69) is 11.2 Å². The van der Waals surface area contributed by atoms with Gasteiger partial charge in [-0.15, -0.1) is 6.42 Å². The average molecular weight is 191 g/mol. The topological polar surface area (TPSA) is 29.1 Å². The van der Waals surface area contributed by atoms with Gasteiger partial charge in [-0.25, -0.2) is 4.39 Å². The fourth-order valence-electron chi connectivity index (χ4n) is 0.923. The van der Waals surface area contributed by atoms with E-state index in [9.17, 15) is 9.18 Å². The zero-order valence-electron chi connectivity index (χ0n) is 7.75. The van der Waals surface area contributed by atoms with E-state index in [0.29, 0.717) is 5.56 Å². The second kappa shape index (κ2) is 4.43. The molecule has 1 atom stereocenters. The summed E-state index contributed by atoms with van der Waals surface area (Å²) >= 11 is 0. The van der Waals surface area contributed by atoms with Crippen LogP contribution in [0.5, 0.6) is 0 Å². The molecule has 1 unspecified atom stereocenters. The minimum absolute atomic E-state index is 0.296. The van der Waals surface area contributed by atoms with Gasteiger partial charge in [0.2, 0.25) is 0 Å². The molecule has 1 rings (SSSR count). The number of carbonyl (C=O) groups is 1. The van der Waals surface area contributed by atoms with Gasteiger partial charge in [-0.1, -0.05) is 5.92 Å². The standard InChI is InChI=1S/C11H10FNO/c1-3-8(2)13-11(14)9-4-6-10(12)7-5-9/h1,4-8H,2H3,(H,13,14). The zero-order valence-corrected chi connectivity index (χ0v) is 7.75. The fraction of sp³-hybridized carbons (Fsp3) is 0.182. The highest BCUT2D eigenvalue weighted by Crippen LogP contribution is 2.02. The Hall–Kier alpha value is -1.82. The van der Waals surface area contributed by atoms with Crippen molar-refractivity contribution >= 4 is 5.91 Å². The third-order valence-electron chi connectivity index (χ3n) is 1.70. The molecule has 3 heteroatoms. The molecule has 0 heterocycles. The van der Waals surface area contributed by atoms with Gasteiger partial charge in [0.05, 0.1) is 6.04 Å². The SMILES string of the molecule is C#CC(C)NC(=O)c1ccc(F)cc1. The first kappa shape index (κ1) is 10.3. The number of amides is 1. The van der Waals surface area contributed by atoms with Crippen LogP contribution < -0.4 is 5.32 Å². The van der Waals surface area contributed by atoms with Gasteiger partial charge in [0.1, 0.15) is 5.82 Å². The van der Waals surface area contributed by atoms with Crippen LogP contribution in [0.15, 0.2) is 24.3 Å². The van der Waals surface area contributed by atoms with Gasteiger partial charge in [0.15, 0.2) is 0 Å². The van der Waals surface area contributed by atoms with Crippen molar-refractivity contribution in [1.29, 1.82) is 0 Å². The summed E-state index contributed by atoms with van der Waals surface area (Å²) in [5.41, 5.74) is 0.397. The number of terminal acetylenes is 1. The Kier molecular flexibility index (Phi) is 3.24. The van der Waals surface area contributed by atoms with E-state index in [-0.39, 0.29) is 17.8 Å². The number of halogens is 1. The van der Waals surface area contributed by atoms with Crippen LogP contribution in [0.1, 0.15) is 17.3 Å². The molecule has 1 aromatic rings. The predicted octanol–water partition coefficient (Wildman–Crippen LogP) is 1.58. The first-order valence-electron chi connectivity index (χ1n) is 4.16. The second-order valence-corrected chi connectivity index (χ2v) is 2.87. The predicted molar refractivity (Wildman–Crippen MR) is 52.2 cm³/mol. The largest absolute Gasteiger partial charge is 0.339 e. The third kappa shape index (κ3) is 2.60. The summed E-state index contributed by atoms with van der Waals surface area (Å²) in [7, 11) is 0. The normalized spacial score (nSPS) is 11.5. The molecule has 0 aliphatic rings. The molecule has 14 heavy (non-hydrogen) atoms. The Morgan fingerprint density at radius 3 is 2.57 bits per heavy atom. The highest BCUT2D eigenvalue weighted by atomic mass is 19.1. The van der Waals surface area contributed by atoms with E-state index in [1.807, 2.05) is 0 Å². The first-order chi connectivity index (χ1) is 6.63. The minimum Gasteiger partial charge on any atom is -0.339 e. The molecule has 0 spiro atoms. The lowest BCUT2D eigenvalue weighted by Crippen LogP contribution is -2.31. The molecule has 0 radical (unpaired) electrons. The van der Waals surface area contributed by atoms with E-state index in [1.54, 1.807) is 6.92 Å². The van der Waals surface area contributed by atoms with Crippen molar-refractivity contribution in [2.24, 2.45) is 0 Å². The summed E-state index contributed by atoms with van der Waals surface area (Å²) in [6, 6.07) is 4.96. The number of hydrogen-bond donors (Lipinski definition) is 1. The molecule has 1 aromatic carbocycles. The number of benzene rings is 1. The van der Waals surface area contributed by atoms with E-state index < -0.39 is 0 Å². The van der Waals surface area contributed by atoms with E-state index in [0.717, 1.165) is 0 Å². The number of nitrogens with one attached hydrogen (secondary N) is 1. The van der Waals surface area contributed by atoms with Crippen LogP contribution in [0.4, 0.5) is 4.39 Å². The van der Waals surface area contributed by atoms with Gasteiger partial charge in [0.25, 0.3) is 5.91 Å². The van der Waals surface area contributed by atoms with Gasteiger partial charge in [0, 0.05) is 5.56 Å².